The van der Waals surface area contributed by atoms with E-state index in [9.17, 15) is 24.6 Å². The molecular weight excluding hydrogens is 324 g/mol. The van der Waals surface area contributed by atoms with Gasteiger partial charge in [-0.05, 0) is 17.7 Å². The van der Waals surface area contributed by atoms with E-state index in [1.54, 1.807) is 24.3 Å². The van der Waals surface area contributed by atoms with Crippen LogP contribution in [0, 0.1) is 0 Å². The Balaban J connectivity index is 1.75. The second-order valence-corrected chi connectivity index (χ2v) is 5.67. The fourth-order valence-corrected chi connectivity index (χ4v) is 2.62. The summed E-state index contributed by atoms with van der Waals surface area (Å²) in [5.41, 5.74) is 0.923. The van der Waals surface area contributed by atoms with Crippen LogP contribution >= 0.6 is 0 Å². The zero-order valence-electron chi connectivity index (χ0n) is 13.2. The van der Waals surface area contributed by atoms with Crippen LogP contribution in [0.2, 0.25) is 0 Å². The van der Waals surface area contributed by atoms with Crippen LogP contribution in [0.25, 0.3) is 0 Å². The highest BCUT2D eigenvalue weighted by molar-refractivity contribution is 6.06. The molecule has 2 N–H and O–H groups in total. The largest absolute Gasteiger partial charge is 0.508 e. The summed E-state index contributed by atoms with van der Waals surface area (Å²) >= 11 is 0. The summed E-state index contributed by atoms with van der Waals surface area (Å²) in [6.45, 7) is -0.438. The molecular formula is C18H16N2O5. The lowest BCUT2D eigenvalue weighted by molar-refractivity contribution is -0.137. The zero-order valence-corrected chi connectivity index (χ0v) is 13.2. The number of aliphatic hydroxyl groups is 1. The normalized spacial score (nSPS) is 17.2. The Bertz CT molecular complexity index is 821. The van der Waals surface area contributed by atoms with E-state index < -0.39 is 30.5 Å². The molecule has 1 fully saturated rings. The van der Waals surface area contributed by atoms with Gasteiger partial charge in [-0.2, -0.15) is 0 Å². The van der Waals surface area contributed by atoms with Crippen LogP contribution in [0.15, 0.2) is 54.6 Å². The van der Waals surface area contributed by atoms with Crippen LogP contribution < -0.4 is 0 Å². The van der Waals surface area contributed by atoms with Gasteiger partial charge in [0.15, 0.2) is 5.78 Å². The highest BCUT2D eigenvalue weighted by Crippen LogP contribution is 2.20. The maximum atomic E-state index is 12.4. The van der Waals surface area contributed by atoms with Gasteiger partial charge in [0.1, 0.15) is 5.75 Å². The third-order valence-corrected chi connectivity index (χ3v) is 3.92. The fourth-order valence-electron chi connectivity index (χ4n) is 2.62. The molecule has 0 saturated carbocycles. The monoisotopic (exact) mass is 340 g/mol. The SMILES string of the molecule is O=C(CN1C(=O)N(Cc2ccccc2)C(=O)C1O)c1cccc(O)c1. The molecule has 2 aromatic rings. The Morgan fingerprint density at radius 1 is 1.04 bits per heavy atom. The van der Waals surface area contributed by atoms with E-state index in [0.29, 0.717) is 0 Å². The van der Waals surface area contributed by atoms with Crippen LogP contribution in [-0.2, 0) is 11.3 Å². The lowest BCUT2D eigenvalue weighted by Crippen LogP contribution is -2.39. The molecule has 1 saturated heterocycles. The summed E-state index contributed by atoms with van der Waals surface area (Å²) in [6.07, 6.45) is -1.70. The number of phenols is 1. The molecule has 0 spiro atoms. The van der Waals surface area contributed by atoms with Gasteiger partial charge in [0.25, 0.3) is 5.91 Å². The second kappa shape index (κ2) is 6.74. The Morgan fingerprint density at radius 3 is 2.44 bits per heavy atom. The molecule has 1 unspecified atom stereocenters. The van der Waals surface area contributed by atoms with Crippen molar-refractivity contribution in [3.8, 4) is 5.75 Å². The maximum Gasteiger partial charge on any atom is 0.330 e. The number of nitrogens with zero attached hydrogens (tertiary/aromatic N) is 2. The molecule has 25 heavy (non-hydrogen) atoms. The van der Waals surface area contributed by atoms with Gasteiger partial charge in [-0.3, -0.25) is 19.4 Å². The number of rotatable bonds is 5. The maximum absolute atomic E-state index is 12.4. The van der Waals surface area contributed by atoms with E-state index in [4.69, 9.17) is 0 Å². The number of amides is 3. The molecule has 0 aliphatic carbocycles. The Labute approximate surface area is 143 Å². The molecule has 1 aliphatic heterocycles. The number of ketones is 1. The van der Waals surface area contributed by atoms with Gasteiger partial charge in [0.2, 0.25) is 6.23 Å². The molecule has 7 nitrogen and oxygen atoms in total. The number of carbonyl (C=O) groups is 3. The summed E-state index contributed by atoms with van der Waals surface area (Å²) in [5, 5.41) is 19.5. The van der Waals surface area contributed by atoms with E-state index in [-0.39, 0.29) is 17.9 Å². The topological polar surface area (TPSA) is 98.2 Å². The van der Waals surface area contributed by atoms with E-state index in [2.05, 4.69) is 0 Å². The molecule has 0 radical (unpaired) electrons. The third kappa shape index (κ3) is 3.36. The van der Waals surface area contributed by atoms with Gasteiger partial charge >= 0.3 is 6.03 Å². The van der Waals surface area contributed by atoms with Crippen LogP contribution in [-0.4, -0.2) is 50.5 Å². The average molecular weight is 340 g/mol. The molecule has 1 atom stereocenters. The number of urea groups is 1. The van der Waals surface area contributed by atoms with Crippen molar-refractivity contribution < 1.29 is 24.6 Å². The Morgan fingerprint density at radius 2 is 1.76 bits per heavy atom. The summed E-state index contributed by atoms with van der Waals surface area (Å²) in [7, 11) is 0. The van der Waals surface area contributed by atoms with Gasteiger partial charge in [0.05, 0.1) is 13.1 Å². The smallest absolute Gasteiger partial charge is 0.330 e. The number of benzene rings is 2. The van der Waals surface area contributed by atoms with Crippen molar-refractivity contribution in [2.75, 3.05) is 6.54 Å². The minimum Gasteiger partial charge on any atom is -0.508 e. The average Bonchev–Trinajstić information content (AvgIpc) is 2.80. The third-order valence-electron chi connectivity index (χ3n) is 3.92. The lowest BCUT2D eigenvalue weighted by atomic mass is 10.1. The van der Waals surface area contributed by atoms with Crippen LogP contribution in [0.4, 0.5) is 4.79 Å². The van der Waals surface area contributed by atoms with Gasteiger partial charge in [0, 0.05) is 5.56 Å². The number of aromatic hydroxyl groups is 1. The first-order chi connectivity index (χ1) is 12.0. The first-order valence-corrected chi connectivity index (χ1v) is 7.63. The van der Waals surface area contributed by atoms with Gasteiger partial charge in [-0.25, -0.2) is 4.79 Å². The predicted octanol–water partition coefficient (Wildman–Crippen LogP) is 1.36. The van der Waals surface area contributed by atoms with Crippen LogP contribution in [0.5, 0.6) is 5.75 Å². The van der Waals surface area contributed by atoms with Crippen LogP contribution in [0.1, 0.15) is 15.9 Å². The molecule has 3 rings (SSSR count). The standard InChI is InChI=1S/C18H16N2O5/c21-14-8-4-7-13(9-14)15(22)11-20-17(24)16(23)19(18(20)25)10-12-5-2-1-3-6-12/h1-9,17,21,24H,10-11H2. The summed E-state index contributed by atoms with van der Waals surface area (Å²) in [4.78, 5) is 38.6. The van der Waals surface area contributed by atoms with Crippen molar-refractivity contribution in [1.29, 1.82) is 0 Å². The minimum atomic E-state index is -1.70. The Kier molecular flexibility index (Phi) is 4.49. The lowest BCUT2D eigenvalue weighted by Gasteiger charge is -2.17. The molecule has 0 aromatic heterocycles. The van der Waals surface area contributed by atoms with E-state index in [1.165, 1.54) is 24.3 Å². The predicted molar refractivity (Wildman–Crippen MR) is 87.5 cm³/mol. The number of carbonyl (C=O) groups excluding carboxylic acids is 3. The highest BCUT2D eigenvalue weighted by Gasteiger charge is 2.44. The number of hydrogen-bond acceptors (Lipinski definition) is 5. The number of Topliss-reactive ketones (excluding diaryl/α,β-unsaturated/α-hetero) is 1. The van der Waals surface area contributed by atoms with Gasteiger partial charge in [-0.1, -0.05) is 42.5 Å². The van der Waals surface area contributed by atoms with Crippen molar-refractivity contribution in [3.63, 3.8) is 0 Å². The molecule has 128 valence electrons. The quantitative estimate of drug-likeness (QED) is 0.632. The zero-order chi connectivity index (χ0) is 18.0. The summed E-state index contributed by atoms with van der Waals surface area (Å²) < 4.78 is 0. The second-order valence-electron chi connectivity index (χ2n) is 5.67. The fraction of sp³-hybridized carbons (Fsp3) is 0.167. The molecule has 3 amide bonds. The summed E-state index contributed by atoms with van der Waals surface area (Å²) in [6, 6.07) is 13.8. The van der Waals surface area contributed by atoms with E-state index in [1.807, 2.05) is 6.07 Å². The van der Waals surface area contributed by atoms with Crippen molar-refractivity contribution in [3.05, 3.63) is 65.7 Å². The number of phenolic OH excluding ortho intramolecular Hbond substituents is 1. The summed E-state index contributed by atoms with van der Waals surface area (Å²) in [5.74, 6) is -1.34. The first kappa shape index (κ1) is 16.7. The molecule has 7 heteroatoms. The molecule has 0 bridgehead atoms. The van der Waals surface area contributed by atoms with E-state index in [0.717, 1.165) is 15.4 Å². The number of imide groups is 1. The van der Waals surface area contributed by atoms with Crippen molar-refractivity contribution in [2.45, 2.75) is 12.8 Å². The van der Waals surface area contributed by atoms with Crippen molar-refractivity contribution >= 4 is 17.7 Å². The molecule has 2 aromatic carbocycles. The number of aliphatic hydroxyl groups excluding tert-OH is 1. The van der Waals surface area contributed by atoms with Crippen LogP contribution in [0.3, 0.4) is 0 Å². The molecule has 1 aliphatic rings. The van der Waals surface area contributed by atoms with Crippen molar-refractivity contribution in [2.24, 2.45) is 0 Å². The Hall–Kier alpha value is -3.19. The van der Waals surface area contributed by atoms with E-state index >= 15 is 0 Å². The molecule has 1 heterocycles. The number of hydrogen-bond donors (Lipinski definition) is 2. The van der Waals surface area contributed by atoms with Gasteiger partial charge < -0.3 is 10.2 Å². The first-order valence-electron chi connectivity index (χ1n) is 7.63. The highest BCUT2D eigenvalue weighted by atomic mass is 16.3. The van der Waals surface area contributed by atoms with Gasteiger partial charge in [-0.15, -0.1) is 0 Å². The van der Waals surface area contributed by atoms with Crippen molar-refractivity contribution in [1.82, 2.24) is 9.80 Å². The minimum absolute atomic E-state index is 0.0202.